The SMILES string of the molecule is c1ccc(-n2c3cc(-c4ccc(N(c5ccc6ccc7ccccc7c6c5)c5cc6ccccc6c6c5-c5ccccc5C6)cc4)ccc3c3ccc4ccccc4c32)cc1. The third kappa shape index (κ3) is 5.22. The molecule has 1 heterocycles. The molecule has 0 spiro atoms. The summed E-state index contributed by atoms with van der Waals surface area (Å²) in [5.41, 5.74) is 14.9. The van der Waals surface area contributed by atoms with Crippen LogP contribution < -0.4 is 4.90 Å². The van der Waals surface area contributed by atoms with Crippen molar-refractivity contribution in [2.45, 2.75) is 6.42 Å². The Morgan fingerprint density at radius 3 is 1.82 bits per heavy atom. The first-order chi connectivity index (χ1) is 30.2. The minimum Gasteiger partial charge on any atom is -0.310 e. The number of anilines is 3. The summed E-state index contributed by atoms with van der Waals surface area (Å²) in [6.45, 7) is 0. The summed E-state index contributed by atoms with van der Waals surface area (Å²) in [5, 5.41) is 12.6. The van der Waals surface area contributed by atoms with Gasteiger partial charge in [-0.15, -0.1) is 0 Å². The van der Waals surface area contributed by atoms with Crippen LogP contribution in [0.2, 0.25) is 0 Å². The van der Waals surface area contributed by atoms with Crippen molar-refractivity contribution < 1.29 is 0 Å². The lowest BCUT2D eigenvalue weighted by Crippen LogP contribution is -2.11. The summed E-state index contributed by atoms with van der Waals surface area (Å²) >= 11 is 0. The lowest BCUT2D eigenvalue weighted by molar-refractivity contribution is 1.19. The van der Waals surface area contributed by atoms with Gasteiger partial charge in [-0.3, -0.25) is 0 Å². The lowest BCUT2D eigenvalue weighted by atomic mass is 9.95. The molecule has 0 saturated carbocycles. The van der Waals surface area contributed by atoms with E-state index in [2.05, 4.69) is 228 Å². The first kappa shape index (κ1) is 34.0. The molecule has 0 aliphatic heterocycles. The molecule has 0 fully saturated rings. The molecule has 0 unspecified atom stereocenters. The summed E-state index contributed by atoms with van der Waals surface area (Å²) in [6, 6.07) is 80.8. The van der Waals surface area contributed by atoms with E-state index in [9.17, 15) is 0 Å². The molecule has 1 aliphatic carbocycles. The van der Waals surface area contributed by atoms with Crippen molar-refractivity contribution in [1.29, 1.82) is 0 Å². The van der Waals surface area contributed by atoms with Crippen molar-refractivity contribution in [3.8, 4) is 27.9 Å². The average molecular weight is 775 g/mol. The molecule has 0 atom stereocenters. The summed E-state index contributed by atoms with van der Waals surface area (Å²) in [4.78, 5) is 2.50. The van der Waals surface area contributed by atoms with Crippen molar-refractivity contribution in [1.82, 2.24) is 4.57 Å². The molecule has 11 aromatic carbocycles. The van der Waals surface area contributed by atoms with Gasteiger partial charge >= 0.3 is 0 Å². The predicted molar refractivity (Wildman–Crippen MR) is 259 cm³/mol. The van der Waals surface area contributed by atoms with E-state index >= 15 is 0 Å². The predicted octanol–water partition coefficient (Wildman–Crippen LogP) is 16.1. The molecule has 12 aromatic rings. The standard InChI is InChI=1S/C59H38N2/c1-2-16-45(17-3-1)61-56-35-42(28-32-52(56)53-33-27-40-13-5-11-21-51(40)59(53)61)38-24-29-46(30-25-38)60(47-31-26-41-23-22-39-12-4-8-18-48(39)54(41)37-47)57-36-44-15-6-9-19-49(44)55-34-43-14-7-10-20-50(43)58(55)57/h1-33,35-37H,34H2. The van der Waals surface area contributed by atoms with Gasteiger partial charge in [0.25, 0.3) is 0 Å². The third-order valence-corrected chi connectivity index (χ3v) is 13.1. The van der Waals surface area contributed by atoms with E-state index in [0.717, 1.165) is 23.5 Å². The molecule has 1 aliphatic rings. The summed E-state index contributed by atoms with van der Waals surface area (Å²) < 4.78 is 2.45. The van der Waals surface area contributed by atoms with E-state index in [4.69, 9.17) is 0 Å². The quantitative estimate of drug-likeness (QED) is 0.158. The minimum atomic E-state index is 0.924. The lowest BCUT2D eigenvalue weighted by Gasteiger charge is -2.29. The van der Waals surface area contributed by atoms with Crippen LogP contribution in [0.15, 0.2) is 218 Å². The molecule has 2 nitrogen and oxygen atoms in total. The van der Waals surface area contributed by atoms with Gasteiger partial charge in [-0.2, -0.15) is 0 Å². The molecule has 1 aromatic heterocycles. The van der Waals surface area contributed by atoms with Crippen molar-refractivity contribution in [2.75, 3.05) is 4.90 Å². The van der Waals surface area contributed by atoms with E-state index < -0.39 is 0 Å². The van der Waals surface area contributed by atoms with Gasteiger partial charge < -0.3 is 9.47 Å². The number of para-hydroxylation sites is 1. The van der Waals surface area contributed by atoms with E-state index in [1.807, 2.05) is 0 Å². The topological polar surface area (TPSA) is 8.17 Å². The first-order valence-electron chi connectivity index (χ1n) is 21.2. The van der Waals surface area contributed by atoms with Crippen LogP contribution in [0.4, 0.5) is 17.1 Å². The zero-order valence-corrected chi connectivity index (χ0v) is 33.4. The smallest absolute Gasteiger partial charge is 0.0619 e. The molecule has 2 heteroatoms. The maximum absolute atomic E-state index is 2.50. The van der Waals surface area contributed by atoms with Gasteiger partial charge in [0.2, 0.25) is 0 Å². The molecular formula is C59H38N2. The van der Waals surface area contributed by atoms with E-state index in [1.165, 1.54) is 104 Å². The van der Waals surface area contributed by atoms with Gasteiger partial charge in [-0.05, 0) is 120 Å². The number of benzene rings is 11. The van der Waals surface area contributed by atoms with E-state index in [0.29, 0.717) is 0 Å². The maximum Gasteiger partial charge on any atom is 0.0619 e. The Hall–Kier alpha value is -7.94. The van der Waals surface area contributed by atoms with Crippen LogP contribution in [0, 0.1) is 0 Å². The number of nitrogens with zero attached hydrogens (tertiary/aromatic N) is 2. The average Bonchev–Trinajstić information content (AvgIpc) is 3.89. The fourth-order valence-corrected chi connectivity index (χ4v) is 10.3. The van der Waals surface area contributed by atoms with Crippen LogP contribution in [0.1, 0.15) is 11.1 Å². The zero-order chi connectivity index (χ0) is 40.0. The number of aromatic nitrogens is 1. The molecule has 13 rings (SSSR count). The van der Waals surface area contributed by atoms with Crippen LogP contribution in [0.5, 0.6) is 0 Å². The highest BCUT2D eigenvalue weighted by Gasteiger charge is 2.28. The van der Waals surface area contributed by atoms with Gasteiger partial charge in [0, 0.05) is 38.8 Å². The highest BCUT2D eigenvalue weighted by Crippen LogP contribution is 2.51. The third-order valence-electron chi connectivity index (χ3n) is 13.1. The van der Waals surface area contributed by atoms with Crippen LogP contribution in [-0.4, -0.2) is 4.57 Å². The van der Waals surface area contributed by atoms with Crippen molar-refractivity contribution in [3.05, 3.63) is 230 Å². The Labute approximate surface area is 353 Å². The highest BCUT2D eigenvalue weighted by atomic mass is 15.1. The summed E-state index contributed by atoms with van der Waals surface area (Å²) in [6.07, 6.45) is 0.924. The Balaban J connectivity index is 1.02. The fraction of sp³-hybridized carbons (Fsp3) is 0.0169. The fourth-order valence-electron chi connectivity index (χ4n) is 10.3. The largest absolute Gasteiger partial charge is 0.310 e. The maximum atomic E-state index is 2.50. The van der Waals surface area contributed by atoms with Crippen LogP contribution in [-0.2, 0) is 6.42 Å². The second-order valence-electron chi connectivity index (χ2n) is 16.5. The molecule has 0 bridgehead atoms. The van der Waals surface area contributed by atoms with Crippen LogP contribution in [0.3, 0.4) is 0 Å². The Morgan fingerprint density at radius 1 is 0.377 bits per heavy atom. The number of fused-ring (bicyclic) bond motifs is 13. The molecule has 284 valence electrons. The summed E-state index contributed by atoms with van der Waals surface area (Å²) in [5.74, 6) is 0. The van der Waals surface area contributed by atoms with Gasteiger partial charge in [-0.1, -0.05) is 170 Å². The number of hydrogen-bond acceptors (Lipinski definition) is 1. The molecule has 0 radical (unpaired) electrons. The van der Waals surface area contributed by atoms with Crippen LogP contribution >= 0.6 is 0 Å². The first-order valence-corrected chi connectivity index (χ1v) is 21.2. The Morgan fingerprint density at radius 2 is 0.984 bits per heavy atom. The zero-order valence-electron chi connectivity index (χ0n) is 33.4. The molecule has 0 saturated heterocycles. The monoisotopic (exact) mass is 774 g/mol. The van der Waals surface area contributed by atoms with Gasteiger partial charge in [-0.25, -0.2) is 0 Å². The molecular weight excluding hydrogens is 737 g/mol. The highest BCUT2D eigenvalue weighted by molar-refractivity contribution is 6.19. The van der Waals surface area contributed by atoms with Gasteiger partial charge in [0.15, 0.2) is 0 Å². The Bertz CT molecular complexity index is 3730. The second-order valence-corrected chi connectivity index (χ2v) is 16.5. The van der Waals surface area contributed by atoms with Crippen molar-refractivity contribution in [2.24, 2.45) is 0 Å². The minimum absolute atomic E-state index is 0.924. The van der Waals surface area contributed by atoms with Crippen molar-refractivity contribution >= 4 is 82.0 Å². The Kier molecular flexibility index (Phi) is 7.40. The van der Waals surface area contributed by atoms with Crippen LogP contribution in [0.25, 0.3) is 92.8 Å². The second kappa shape index (κ2) is 13.3. The molecule has 0 amide bonds. The molecule has 0 N–H and O–H groups in total. The van der Waals surface area contributed by atoms with Crippen molar-refractivity contribution in [3.63, 3.8) is 0 Å². The molecule has 61 heavy (non-hydrogen) atoms. The number of rotatable bonds is 5. The van der Waals surface area contributed by atoms with Gasteiger partial charge in [0.1, 0.15) is 0 Å². The summed E-state index contributed by atoms with van der Waals surface area (Å²) in [7, 11) is 0. The van der Waals surface area contributed by atoms with Gasteiger partial charge in [0.05, 0.1) is 16.7 Å². The van der Waals surface area contributed by atoms with E-state index in [-0.39, 0.29) is 0 Å². The number of hydrogen-bond donors (Lipinski definition) is 0. The normalized spacial score (nSPS) is 12.2. The van der Waals surface area contributed by atoms with E-state index in [1.54, 1.807) is 0 Å².